The minimum Gasteiger partial charge on any atom is -0.492 e. The van der Waals surface area contributed by atoms with Gasteiger partial charge in [-0.2, -0.15) is 0 Å². The predicted octanol–water partition coefficient (Wildman–Crippen LogP) is 5.86. The highest BCUT2D eigenvalue weighted by molar-refractivity contribution is 6.11. The number of benzene rings is 4. The van der Waals surface area contributed by atoms with Gasteiger partial charge in [-0.15, -0.1) is 0 Å². The van der Waals surface area contributed by atoms with E-state index in [9.17, 15) is 14.0 Å². The van der Waals surface area contributed by atoms with Gasteiger partial charge >= 0.3 is 0 Å². The maximum absolute atomic E-state index is 14.5. The summed E-state index contributed by atoms with van der Waals surface area (Å²) in [5.74, 6) is -0.237. The summed E-state index contributed by atoms with van der Waals surface area (Å²) < 4.78 is 25.9. The van der Waals surface area contributed by atoms with E-state index in [0.29, 0.717) is 41.2 Å². The van der Waals surface area contributed by atoms with Gasteiger partial charge in [-0.05, 0) is 84.6 Å². The Hall–Kier alpha value is -4.53. The lowest BCUT2D eigenvalue weighted by Crippen LogP contribution is -2.38. The van der Waals surface area contributed by atoms with Crippen molar-refractivity contribution in [2.24, 2.45) is 0 Å². The van der Waals surface area contributed by atoms with Gasteiger partial charge in [0.25, 0.3) is 5.91 Å². The minimum absolute atomic E-state index is 0.0182. The normalized spacial score (nSPS) is 14.8. The lowest BCUT2D eigenvalue weighted by atomic mass is 9.98. The molecule has 0 bridgehead atoms. The van der Waals surface area contributed by atoms with Crippen molar-refractivity contribution in [1.29, 1.82) is 0 Å². The van der Waals surface area contributed by atoms with Gasteiger partial charge in [-0.1, -0.05) is 24.3 Å². The number of hydrogen-bond acceptors (Lipinski definition) is 6. The number of amides is 1. The Morgan fingerprint density at radius 3 is 2.45 bits per heavy atom. The Labute approximate surface area is 244 Å². The molecule has 0 unspecified atom stereocenters. The first-order valence-corrected chi connectivity index (χ1v) is 14.2. The van der Waals surface area contributed by atoms with E-state index in [4.69, 9.17) is 9.47 Å². The Balaban J connectivity index is 1.14. The lowest BCUT2D eigenvalue weighted by molar-refractivity contribution is 0.0322. The molecule has 1 fully saturated rings. The van der Waals surface area contributed by atoms with E-state index in [0.717, 1.165) is 56.1 Å². The van der Waals surface area contributed by atoms with E-state index < -0.39 is 5.82 Å². The second-order valence-corrected chi connectivity index (χ2v) is 10.5. The third kappa shape index (κ3) is 6.35. The Morgan fingerprint density at radius 1 is 0.857 bits per heavy atom. The number of rotatable bonds is 8. The smallest absolute Gasteiger partial charge is 0.255 e. The van der Waals surface area contributed by atoms with Crippen LogP contribution in [0.3, 0.4) is 0 Å². The lowest BCUT2D eigenvalue weighted by Gasteiger charge is -2.26. The summed E-state index contributed by atoms with van der Waals surface area (Å²) in [6, 6.07) is 24.6. The van der Waals surface area contributed by atoms with E-state index in [-0.39, 0.29) is 17.4 Å². The molecule has 214 valence electrons. The molecule has 0 spiro atoms. The monoisotopic (exact) mass is 565 g/mol. The average molecular weight is 566 g/mol. The van der Waals surface area contributed by atoms with Crippen LogP contribution in [0.25, 0.3) is 0 Å². The number of nitrogens with one attached hydrogen (secondary N) is 2. The highest BCUT2D eigenvalue weighted by Gasteiger charge is 2.22. The molecule has 42 heavy (non-hydrogen) atoms. The molecule has 0 saturated carbocycles. The molecule has 1 heterocycles. The van der Waals surface area contributed by atoms with Crippen LogP contribution >= 0.6 is 0 Å². The summed E-state index contributed by atoms with van der Waals surface area (Å²) >= 11 is 0. The van der Waals surface area contributed by atoms with Crippen LogP contribution in [0, 0.1) is 5.82 Å². The number of hydrogen-bond donors (Lipinski definition) is 2. The van der Waals surface area contributed by atoms with Crippen LogP contribution in [-0.4, -0.2) is 56.0 Å². The maximum Gasteiger partial charge on any atom is 0.255 e. The van der Waals surface area contributed by atoms with Crippen molar-refractivity contribution in [3.8, 4) is 5.75 Å². The van der Waals surface area contributed by atoms with Crippen LogP contribution in [0.15, 0.2) is 84.9 Å². The zero-order valence-corrected chi connectivity index (χ0v) is 23.2. The largest absolute Gasteiger partial charge is 0.492 e. The molecule has 1 aliphatic carbocycles. The summed E-state index contributed by atoms with van der Waals surface area (Å²) in [4.78, 5) is 28.5. The van der Waals surface area contributed by atoms with Gasteiger partial charge in [0.2, 0.25) is 0 Å². The highest BCUT2D eigenvalue weighted by Crippen LogP contribution is 2.31. The summed E-state index contributed by atoms with van der Waals surface area (Å²) in [5.41, 5.74) is 5.19. The molecule has 2 N–H and O–H groups in total. The molecule has 0 radical (unpaired) electrons. The van der Waals surface area contributed by atoms with Crippen LogP contribution in [0.1, 0.15) is 37.4 Å². The minimum atomic E-state index is -0.528. The van der Waals surface area contributed by atoms with E-state index in [1.807, 2.05) is 42.5 Å². The van der Waals surface area contributed by atoms with Gasteiger partial charge in [0, 0.05) is 47.7 Å². The molecule has 1 aliphatic heterocycles. The number of morpholine rings is 1. The molecule has 7 nitrogen and oxygen atoms in total. The molecule has 1 amide bonds. The number of ketones is 1. The Morgan fingerprint density at radius 2 is 1.62 bits per heavy atom. The molecule has 6 rings (SSSR count). The van der Waals surface area contributed by atoms with Crippen molar-refractivity contribution in [2.75, 3.05) is 50.1 Å². The van der Waals surface area contributed by atoms with Crippen molar-refractivity contribution < 1.29 is 23.5 Å². The summed E-state index contributed by atoms with van der Waals surface area (Å²) in [5, 5.41) is 5.93. The van der Waals surface area contributed by atoms with Crippen LogP contribution in [0.4, 0.5) is 21.5 Å². The molecule has 4 aromatic rings. The highest BCUT2D eigenvalue weighted by atomic mass is 19.1. The standard InChI is InChI=1S/C34H32FN3O4/c35-31-13-10-27(21-32(31)37-34(40)24-4-2-1-3-5-24)36-26-9-12-29-25(20-26)7-6-23-8-11-28(22-30(23)33(29)39)42-19-16-38-14-17-41-18-15-38/h1-5,8-13,20-22,36H,6-7,14-19H2,(H,37,40). The van der Waals surface area contributed by atoms with Crippen molar-refractivity contribution in [2.45, 2.75) is 12.8 Å². The van der Waals surface area contributed by atoms with E-state index >= 15 is 0 Å². The van der Waals surface area contributed by atoms with E-state index in [1.54, 1.807) is 36.4 Å². The zero-order valence-electron chi connectivity index (χ0n) is 23.2. The van der Waals surface area contributed by atoms with Gasteiger partial charge in [0.15, 0.2) is 5.78 Å². The first kappa shape index (κ1) is 27.6. The van der Waals surface area contributed by atoms with E-state index in [1.165, 1.54) is 6.07 Å². The van der Waals surface area contributed by atoms with Crippen LogP contribution in [-0.2, 0) is 17.6 Å². The molecular weight excluding hydrogens is 533 g/mol. The molecule has 8 heteroatoms. The average Bonchev–Trinajstić information content (AvgIpc) is 3.15. The second-order valence-electron chi connectivity index (χ2n) is 10.5. The molecule has 0 aromatic heterocycles. The van der Waals surface area contributed by atoms with Crippen LogP contribution in [0.2, 0.25) is 0 Å². The van der Waals surface area contributed by atoms with Crippen molar-refractivity contribution >= 4 is 28.8 Å². The molecule has 0 atom stereocenters. The van der Waals surface area contributed by atoms with Gasteiger partial charge in [-0.3, -0.25) is 14.5 Å². The SMILES string of the molecule is O=C(Nc1cc(Nc2ccc3c(c2)CCc2ccc(OCCN4CCOCC4)cc2C3=O)ccc1F)c1ccccc1. The van der Waals surface area contributed by atoms with Gasteiger partial charge < -0.3 is 20.1 Å². The fourth-order valence-corrected chi connectivity index (χ4v) is 5.36. The summed E-state index contributed by atoms with van der Waals surface area (Å²) in [7, 11) is 0. The Bertz CT molecular complexity index is 1600. The Kier molecular flexibility index (Phi) is 8.26. The number of ether oxygens (including phenoxy) is 2. The number of fused-ring (bicyclic) bond motifs is 2. The quantitative estimate of drug-likeness (QED) is 0.279. The molecular formula is C34H32FN3O4. The van der Waals surface area contributed by atoms with Crippen LogP contribution in [0.5, 0.6) is 5.75 Å². The summed E-state index contributed by atoms with van der Waals surface area (Å²) in [6.07, 6.45) is 1.44. The number of halogens is 1. The fraction of sp³-hybridized carbons (Fsp3) is 0.235. The van der Waals surface area contributed by atoms with E-state index in [2.05, 4.69) is 15.5 Å². The van der Waals surface area contributed by atoms with Crippen molar-refractivity contribution in [3.05, 3.63) is 119 Å². The number of anilines is 3. The first-order valence-electron chi connectivity index (χ1n) is 14.2. The number of carbonyl (C=O) groups is 2. The van der Waals surface area contributed by atoms with Crippen molar-refractivity contribution in [1.82, 2.24) is 4.90 Å². The summed E-state index contributed by atoms with van der Waals surface area (Å²) in [6.45, 7) is 4.70. The van der Waals surface area contributed by atoms with Gasteiger partial charge in [0.05, 0.1) is 18.9 Å². The van der Waals surface area contributed by atoms with Gasteiger partial charge in [0.1, 0.15) is 18.2 Å². The maximum atomic E-state index is 14.5. The van der Waals surface area contributed by atoms with Gasteiger partial charge in [-0.25, -0.2) is 4.39 Å². The second kappa shape index (κ2) is 12.5. The third-order valence-electron chi connectivity index (χ3n) is 7.66. The number of aryl methyl sites for hydroxylation is 2. The fourth-order valence-electron chi connectivity index (χ4n) is 5.36. The number of nitrogens with zero attached hydrogens (tertiary/aromatic N) is 1. The third-order valence-corrected chi connectivity index (χ3v) is 7.66. The first-order chi connectivity index (χ1) is 20.5. The zero-order chi connectivity index (χ0) is 28.9. The topological polar surface area (TPSA) is 79.9 Å². The molecule has 4 aromatic carbocycles. The predicted molar refractivity (Wildman–Crippen MR) is 161 cm³/mol. The van der Waals surface area contributed by atoms with Crippen molar-refractivity contribution in [3.63, 3.8) is 0 Å². The molecule has 2 aliphatic rings. The molecule has 1 saturated heterocycles. The number of carbonyl (C=O) groups excluding carboxylic acids is 2. The van der Waals surface area contributed by atoms with Crippen LogP contribution < -0.4 is 15.4 Å².